The zero-order valence-corrected chi connectivity index (χ0v) is 18.7. The van der Waals surface area contributed by atoms with E-state index in [0.29, 0.717) is 6.54 Å². The van der Waals surface area contributed by atoms with E-state index in [1.165, 1.54) is 6.42 Å². The second-order valence-corrected chi connectivity index (χ2v) is 10.6. The van der Waals surface area contributed by atoms with Gasteiger partial charge in [-0.3, -0.25) is 9.59 Å². The summed E-state index contributed by atoms with van der Waals surface area (Å²) in [5.41, 5.74) is -0.599. The summed E-state index contributed by atoms with van der Waals surface area (Å²) in [5.74, 6) is 0.675. The Morgan fingerprint density at radius 2 is 1.47 bits per heavy atom. The molecule has 0 radical (unpaired) electrons. The Hall–Kier alpha value is -1.79. The fourth-order valence-electron chi connectivity index (χ4n) is 5.56. The first-order chi connectivity index (χ1) is 14.2. The quantitative estimate of drug-likeness (QED) is 0.760. The van der Waals surface area contributed by atoms with Crippen LogP contribution in [0.5, 0.6) is 0 Å². The molecule has 30 heavy (non-hydrogen) atoms. The third-order valence-corrected chi connectivity index (χ3v) is 7.13. The minimum Gasteiger partial charge on any atom is -0.444 e. The van der Waals surface area contributed by atoms with Crippen molar-refractivity contribution >= 4 is 17.9 Å². The molecule has 4 aliphatic rings. The average molecular weight is 420 g/mol. The van der Waals surface area contributed by atoms with E-state index in [-0.39, 0.29) is 35.7 Å². The van der Waals surface area contributed by atoms with Crippen LogP contribution >= 0.6 is 0 Å². The van der Waals surface area contributed by atoms with Crippen molar-refractivity contribution in [3.05, 3.63) is 0 Å². The van der Waals surface area contributed by atoms with Gasteiger partial charge >= 0.3 is 6.09 Å². The van der Waals surface area contributed by atoms with Crippen LogP contribution in [0.25, 0.3) is 0 Å². The van der Waals surface area contributed by atoms with Gasteiger partial charge in [-0.25, -0.2) is 4.79 Å². The summed E-state index contributed by atoms with van der Waals surface area (Å²) in [5, 5.41) is 2.93. The number of likely N-dealkylation sites (tertiary alicyclic amines) is 2. The molecular formula is C23H37N3O4. The monoisotopic (exact) mass is 419 g/mol. The number of hydrogen-bond donors (Lipinski definition) is 1. The highest BCUT2D eigenvalue weighted by Gasteiger charge is 2.50. The first kappa shape index (κ1) is 21.4. The molecule has 2 saturated carbocycles. The van der Waals surface area contributed by atoms with Crippen LogP contribution in [0.2, 0.25) is 0 Å². The number of ether oxygens (including phenoxy) is 1. The fraction of sp³-hybridized carbons (Fsp3) is 0.870. The molecule has 4 rings (SSSR count). The second kappa shape index (κ2) is 8.39. The maximum Gasteiger partial charge on any atom is 0.408 e. The number of rotatable bonds is 4. The minimum atomic E-state index is -0.599. The maximum absolute atomic E-state index is 13.7. The van der Waals surface area contributed by atoms with Crippen LogP contribution in [0.15, 0.2) is 0 Å². The van der Waals surface area contributed by atoms with Crippen LogP contribution in [0, 0.1) is 11.8 Å². The van der Waals surface area contributed by atoms with Gasteiger partial charge in [0.25, 0.3) is 0 Å². The van der Waals surface area contributed by atoms with Gasteiger partial charge in [0.2, 0.25) is 11.8 Å². The van der Waals surface area contributed by atoms with Gasteiger partial charge in [-0.05, 0) is 65.2 Å². The Morgan fingerprint density at radius 3 is 2.07 bits per heavy atom. The van der Waals surface area contributed by atoms with Gasteiger partial charge in [0, 0.05) is 19.0 Å². The number of fused-ring (bicyclic) bond motifs is 1. The predicted molar refractivity (Wildman–Crippen MR) is 113 cm³/mol. The van der Waals surface area contributed by atoms with E-state index in [0.717, 1.165) is 57.9 Å². The van der Waals surface area contributed by atoms with Gasteiger partial charge in [0.05, 0.1) is 12.1 Å². The van der Waals surface area contributed by atoms with E-state index in [1.807, 2.05) is 30.6 Å². The largest absolute Gasteiger partial charge is 0.444 e. The van der Waals surface area contributed by atoms with Crippen molar-refractivity contribution in [2.75, 3.05) is 13.1 Å². The number of alkyl carbamates (subject to hydrolysis) is 1. The standard InChI is InChI=1S/C23H37N3O4/c1-23(2,3)30-22(29)24-19(15-7-5-4-6-8-15)21(28)26-14-12-17-18(26)11-13-25(17)20(27)16-9-10-16/h15-19H,4-14H2,1-3H3,(H,24,29). The van der Waals surface area contributed by atoms with Gasteiger partial charge < -0.3 is 19.9 Å². The molecule has 1 N–H and O–H groups in total. The number of carbonyl (C=O) groups is 3. The molecular weight excluding hydrogens is 382 g/mol. The Kier molecular flexibility index (Phi) is 5.99. The SMILES string of the molecule is CC(C)(C)OC(=O)NC(C(=O)N1CCC2C1CCN2C(=O)C1CC1)C1CCCCC1. The maximum atomic E-state index is 13.7. The molecule has 0 spiro atoms. The smallest absolute Gasteiger partial charge is 0.408 e. The third kappa shape index (κ3) is 4.59. The van der Waals surface area contributed by atoms with Crippen molar-refractivity contribution < 1.29 is 19.1 Å². The molecule has 0 bridgehead atoms. The normalized spacial score (nSPS) is 28.2. The highest BCUT2D eigenvalue weighted by Crippen LogP contribution is 2.38. The van der Waals surface area contributed by atoms with Crippen LogP contribution in [-0.4, -0.2) is 64.5 Å². The van der Waals surface area contributed by atoms with Gasteiger partial charge in [-0.2, -0.15) is 0 Å². The predicted octanol–water partition coefficient (Wildman–Crippen LogP) is 3.07. The van der Waals surface area contributed by atoms with Crippen molar-refractivity contribution in [1.29, 1.82) is 0 Å². The van der Waals surface area contributed by atoms with E-state index in [4.69, 9.17) is 4.74 Å². The molecule has 2 heterocycles. The lowest BCUT2D eigenvalue weighted by atomic mass is 9.83. The lowest BCUT2D eigenvalue weighted by molar-refractivity contribution is -0.137. The highest BCUT2D eigenvalue weighted by molar-refractivity contribution is 5.87. The van der Waals surface area contributed by atoms with Crippen LogP contribution in [0.4, 0.5) is 4.79 Å². The lowest BCUT2D eigenvalue weighted by Gasteiger charge is -2.35. The Bertz CT molecular complexity index is 678. The van der Waals surface area contributed by atoms with Crippen LogP contribution < -0.4 is 5.32 Å². The van der Waals surface area contributed by atoms with E-state index in [2.05, 4.69) is 5.32 Å². The molecule has 2 aliphatic carbocycles. The van der Waals surface area contributed by atoms with E-state index < -0.39 is 17.7 Å². The minimum absolute atomic E-state index is 0.0148. The number of carbonyl (C=O) groups excluding carboxylic acids is 3. The number of nitrogens with zero attached hydrogens (tertiary/aromatic N) is 2. The molecule has 0 aromatic rings. The van der Waals surface area contributed by atoms with Gasteiger partial charge in [-0.1, -0.05) is 19.3 Å². The molecule has 0 aromatic heterocycles. The van der Waals surface area contributed by atoms with E-state index in [9.17, 15) is 14.4 Å². The summed E-state index contributed by atoms with van der Waals surface area (Å²) in [4.78, 5) is 42.8. The Labute approximate surface area is 179 Å². The van der Waals surface area contributed by atoms with E-state index >= 15 is 0 Å². The molecule has 0 aromatic carbocycles. The highest BCUT2D eigenvalue weighted by atomic mass is 16.6. The molecule has 7 nitrogen and oxygen atoms in total. The second-order valence-electron chi connectivity index (χ2n) is 10.6. The average Bonchev–Trinajstić information content (AvgIpc) is 3.33. The number of amides is 3. The van der Waals surface area contributed by atoms with Crippen molar-refractivity contribution in [3.8, 4) is 0 Å². The van der Waals surface area contributed by atoms with Crippen molar-refractivity contribution in [2.45, 2.75) is 102 Å². The third-order valence-electron chi connectivity index (χ3n) is 7.13. The van der Waals surface area contributed by atoms with Crippen molar-refractivity contribution in [3.63, 3.8) is 0 Å². The molecule has 2 aliphatic heterocycles. The zero-order chi connectivity index (χ0) is 21.5. The Morgan fingerprint density at radius 1 is 0.867 bits per heavy atom. The van der Waals surface area contributed by atoms with Crippen LogP contribution in [0.3, 0.4) is 0 Å². The Balaban J connectivity index is 1.46. The first-order valence-corrected chi connectivity index (χ1v) is 11.8. The molecule has 3 unspecified atom stereocenters. The van der Waals surface area contributed by atoms with E-state index in [1.54, 1.807) is 0 Å². The van der Waals surface area contributed by atoms with Gasteiger partial charge in [-0.15, -0.1) is 0 Å². The molecule has 168 valence electrons. The fourth-order valence-corrected chi connectivity index (χ4v) is 5.56. The summed E-state index contributed by atoms with van der Waals surface area (Å²) >= 11 is 0. The lowest BCUT2D eigenvalue weighted by Crippen LogP contribution is -2.55. The van der Waals surface area contributed by atoms with Crippen LogP contribution in [-0.2, 0) is 14.3 Å². The summed E-state index contributed by atoms with van der Waals surface area (Å²) < 4.78 is 5.47. The molecule has 2 saturated heterocycles. The number of hydrogen-bond acceptors (Lipinski definition) is 4. The molecule has 3 amide bonds. The topological polar surface area (TPSA) is 79.0 Å². The molecule has 3 atom stereocenters. The van der Waals surface area contributed by atoms with Gasteiger partial charge in [0.15, 0.2) is 0 Å². The zero-order valence-electron chi connectivity index (χ0n) is 18.7. The summed E-state index contributed by atoms with van der Waals surface area (Å²) in [6.07, 6.45) is 8.51. The summed E-state index contributed by atoms with van der Waals surface area (Å²) in [6.45, 7) is 6.92. The molecule has 7 heteroatoms. The van der Waals surface area contributed by atoms with Crippen LogP contribution in [0.1, 0.15) is 78.6 Å². The summed E-state index contributed by atoms with van der Waals surface area (Å²) in [6, 6.07) is -0.297. The number of nitrogens with one attached hydrogen (secondary N) is 1. The van der Waals surface area contributed by atoms with Crippen molar-refractivity contribution in [1.82, 2.24) is 15.1 Å². The first-order valence-electron chi connectivity index (χ1n) is 11.8. The molecule has 4 fully saturated rings. The summed E-state index contributed by atoms with van der Waals surface area (Å²) in [7, 11) is 0. The van der Waals surface area contributed by atoms with Crippen molar-refractivity contribution in [2.24, 2.45) is 11.8 Å². The van der Waals surface area contributed by atoms with Gasteiger partial charge in [0.1, 0.15) is 11.6 Å².